The van der Waals surface area contributed by atoms with Crippen molar-refractivity contribution >= 4 is 28.9 Å². The van der Waals surface area contributed by atoms with Gasteiger partial charge in [0.1, 0.15) is 5.82 Å². The number of nitrogens with one attached hydrogen (secondary N) is 2. The maximum Gasteiger partial charge on any atom is 0.221 e. The van der Waals surface area contributed by atoms with E-state index in [4.69, 9.17) is 17.3 Å². The number of halogens is 2. The number of hydrogen-bond acceptors (Lipinski definition) is 3. The first-order valence-corrected chi connectivity index (χ1v) is 6.59. The molecule has 4 N–H and O–H groups in total. The Hall–Kier alpha value is -1.49. The van der Waals surface area contributed by atoms with Gasteiger partial charge in [-0.3, -0.25) is 4.79 Å². The van der Waals surface area contributed by atoms with E-state index in [2.05, 4.69) is 10.6 Å². The lowest BCUT2D eigenvalue weighted by Crippen LogP contribution is -2.33. The summed E-state index contributed by atoms with van der Waals surface area (Å²) >= 11 is 5.60. The molecule has 0 aliphatic rings. The molecule has 0 heterocycles. The van der Waals surface area contributed by atoms with Gasteiger partial charge in [-0.15, -0.1) is 0 Å². The van der Waals surface area contributed by atoms with E-state index in [1.807, 2.05) is 13.8 Å². The van der Waals surface area contributed by atoms with Crippen LogP contribution in [0.2, 0.25) is 5.02 Å². The lowest BCUT2D eigenvalue weighted by molar-refractivity contribution is -0.121. The van der Waals surface area contributed by atoms with Crippen LogP contribution in [0.25, 0.3) is 0 Å². The van der Waals surface area contributed by atoms with Crippen LogP contribution in [-0.4, -0.2) is 18.5 Å². The number of nitrogens with two attached hydrogens (primary N) is 1. The van der Waals surface area contributed by atoms with E-state index >= 15 is 0 Å². The molecule has 0 fully saturated rings. The largest absolute Gasteiger partial charge is 0.397 e. The highest BCUT2D eigenvalue weighted by molar-refractivity contribution is 6.31. The highest BCUT2D eigenvalue weighted by Crippen LogP contribution is 2.25. The first-order chi connectivity index (χ1) is 8.93. The number of carbonyl (C=O) groups is 1. The Bertz CT molecular complexity index is 454. The fourth-order valence-corrected chi connectivity index (χ4v) is 1.65. The average molecular weight is 288 g/mol. The molecule has 4 nitrogen and oxygen atoms in total. The predicted molar refractivity (Wildman–Crippen MR) is 76.8 cm³/mol. The highest BCUT2D eigenvalue weighted by atomic mass is 35.5. The van der Waals surface area contributed by atoms with E-state index in [1.165, 1.54) is 12.1 Å². The minimum Gasteiger partial charge on any atom is -0.397 e. The zero-order chi connectivity index (χ0) is 14.4. The lowest BCUT2D eigenvalue weighted by atomic mass is 10.2. The van der Waals surface area contributed by atoms with Gasteiger partial charge in [0.2, 0.25) is 5.91 Å². The number of amides is 1. The van der Waals surface area contributed by atoms with Crippen LogP contribution in [-0.2, 0) is 4.79 Å². The van der Waals surface area contributed by atoms with E-state index in [-0.39, 0.29) is 17.0 Å². The first kappa shape index (κ1) is 15.6. The van der Waals surface area contributed by atoms with E-state index in [0.29, 0.717) is 24.3 Å². The molecule has 106 valence electrons. The van der Waals surface area contributed by atoms with Gasteiger partial charge in [-0.1, -0.05) is 18.5 Å². The molecule has 0 radical (unpaired) electrons. The number of carbonyl (C=O) groups excluding carboxylic acids is 1. The van der Waals surface area contributed by atoms with Crippen molar-refractivity contribution < 1.29 is 9.18 Å². The van der Waals surface area contributed by atoms with Crippen LogP contribution in [0.1, 0.15) is 26.7 Å². The molecule has 19 heavy (non-hydrogen) atoms. The second kappa shape index (κ2) is 7.19. The standard InChI is InChI=1S/C13H19ClFN3O/c1-3-8(2)18-13(19)4-5-17-12-7-10(15)9(14)6-11(12)16/h6-8,17H,3-5,16H2,1-2H3,(H,18,19). The van der Waals surface area contributed by atoms with Gasteiger partial charge >= 0.3 is 0 Å². The summed E-state index contributed by atoms with van der Waals surface area (Å²) in [7, 11) is 0. The molecule has 0 saturated carbocycles. The average Bonchev–Trinajstić information content (AvgIpc) is 2.35. The summed E-state index contributed by atoms with van der Waals surface area (Å²) in [5.74, 6) is -0.586. The van der Waals surface area contributed by atoms with Crippen LogP contribution in [0.3, 0.4) is 0 Å². The van der Waals surface area contributed by atoms with Crippen LogP contribution in [0.15, 0.2) is 12.1 Å². The third kappa shape index (κ3) is 4.95. The number of anilines is 2. The number of nitrogen functional groups attached to an aromatic ring is 1. The molecule has 1 atom stereocenters. The third-order valence-corrected chi connectivity index (χ3v) is 3.07. The topological polar surface area (TPSA) is 67.2 Å². The van der Waals surface area contributed by atoms with Crippen molar-refractivity contribution in [2.75, 3.05) is 17.6 Å². The second-order valence-electron chi connectivity index (χ2n) is 4.41. The van der Waals surface area contributed by atoms with Crippen LogP contribution >= 0.6 is 11.6 Å². The fraction of sp³-hybridized carbons (Fsp3) is 0.462. The minimum absolute atomic E-state index is 0.0161. The normalized spacial score (nSPS) is 12.0. The Kier molecular flexibility index (Phi) is 5.89. The van der Waals surface area contributed by atoms with Crippen molar-refractivity contribution in [2.24, 2.45) is 0 Å². The van der Waals surface area contributed by atoms with E-state index in [9.17, 15) is 9.18 Å². The summed E-state index contributed by atoms with van der Waals surface area (Å²) in [4.78, 5) is 11.5. The van der Waals surface area contributed by atoms with Gasteiger partial charge in [-0.2, -0.15) is 0 Å². The molecule has 1 amide bonds. The molecule has 0 spiro atoms. The van der Waals surface area contributed by atoms with E-state index in [1.54, 1.807) is 0 Å². The zero-order valence-corrected chi connectivity index (χ0v) is 11.9. The van der Waals surface area contributed by atoms with Crippen LogP contribution in [0.5, 0.6) is 0 Å². The molecule has 0 bridgehead atoms. The third-order valence-electron chi connectivity index (χ3n) is 2.78. The summed E-state index contributed by atoms with van der Waals surface area (Å²) in [5, 5.41) is 5.75. The Morgan fingerprint density at radius 3 is 2.84 bits per heavy atom. The minimum atomic E-state index is -0.539. The van der Waals surface area contributed by atoms with Gasteiger partial charge in [0.15, 0.2) is 0 Å². The molecule has 0 aliphatic carbocycles. The van der Waals surface area contributed by atoms with Crippen molar-refractivity contribution in [2.45, 2.75) is 32.7 Å². The van der Waals surface area contributed by atoms with Crippen LogP contribution in [0.4, 0.5) is 15.8 Å². The van der Waals surface area contributed by atoms with Crippen molar-refractivity contribution in [3.63, 3.8) is 0 Å². The van der Waals surface area contributed by atoms with Gasteiger partial charge in [0.05, 0.1) is 16.4 Å². The summed E-state index contributed by atoms with van der Waals surface area (Å²) in [6, 6.07) is 2.73. The van der Waals surface area contributed by atoms with Gasteiger partial charge in [-0.25, -0.2) is 4.39 Å². The highest BCUT2D eigenvalue weighted by Gasteiger charge is 2.08. The summed E-state index contributed by atoms with van der Waals surface area (Å²) in [6.07, 6.45) is 1.18. The quantitative estimate of drug-likeness (QED) is 0.705. The summed E-state index contributed by atoms with van der Waals surface area (Å²) in [5.41, 5.74) is 6.49. The van der Waals surface area contributed by atoms with E-state index in [0.717, 1.165) is 6.42 Å². The summed E-state index contributed by atoms with van der Waals surface area (Å²) in [6.45, 7) is 4.33. The number of benzene rings is 1. The molecule has 0 aliphatic heterocycles. The maximum atomic E-state index is 13.3. The van der Waals surface area contributed by atoms with Gasteiger partial charge < -0.3 is 16.4 Å². The Labute approximate surface area is 117 Å². The molecule has 6 heteroatoms. The molecular formula is C13H19ClFN3O. The Morgan fingerprint density at radius 1 is 1.53 bits per heavy atom. The zero-order valence-electron chi connectivity index (χ0n) is 11.1. The molecular weight excluding hydrogens is 269 g/mol. The Morgan fingerprint density at radius 2 is 2.21 bits per heavy atom. The monoisotopic (exact) mass is 287 g/mol. The maximum absolute atomic E-state index is 13.3. The molecule has 1 rings (SSSR count). The molecule has 0 aromatic heterocycles. The number of rotatable bonds is 6. The molecule has 1 aromatic rings. The smallest absolute Gasteiger partial charge is 0.221 e. The van der Waals surface area contributed by atoms with Crippen molar-refractivity contribution in [3.8, 4) is 0 Å². The van der Waals surface area contributed by atoms with Crippen LogP contribution in [0, 0.1) is 5.82 Å². The van der Waals surface area contributed by atoms with Gasteiger partial charge in [0, 0.05) is 25.1 Å². The predicted octanol–water partition coefficient (Wildman–Crippen LogP) is 2.78. The van der Waals surface area contributed by atoms with Crippen molar-refractivity contribution in [1.29, 1.82) is 0 Å². The Balaban J connectivity index is 2.45. The van der Waals surface area contributed by atoms with Crippen molar-refractivity contribution in [3.05, 3.63) is 23.0 Å². The van der Waals surface area contributed by atoms with Crippen molar-refractivity contribution in [1.82, 2.24) is 5.32 Å². The van der Waals surface area contributed by atoms with E-state index < -0.39 is 5.82 Å². The number of hydrogen-bond donors (Lipinski definition) is 3. The van der Waals surface area contributed by atoms with Gasteiger partial charge in [-0.05, 0) is 19.4 Å². The van der Waals surface area contributed by atoms with Crippen LogP contribution < -0.4 is 16.4 Å². The first-order valence-electron chi connectivity index (χ1n) is 6.21. The molecule has 0 saturated heterocycles. The van der Waals surface area contributed by atoms with Gasteiger partial charge in [0.25, 0.3) is 0 Å². The lowest BCUT2D eigenvalue weighted by Gasteiger charge is -2.13. The fourth-order valence-electron chi connectivity index (χ4n) is 1.48. The SMILES string of the molecule is CCC(C)NC(=O)CCNc1cc(F)c(Cl)cc1N. The summed E-state index contributed by atoms with van der Waals surface area (Å²) < 4.78 is 13.3. The molecule has 1 unspecified atom stereocenters. The molecule has 1 aromatic carbocycles. The second-order valence-corrected chi connectivity index (χ2v) is 4.81.